The van der Waals surface area contributed by atoms with Crippen molar-refractivity contribution in [3.63, 3.8) is 0 Å². The summed E-state index contributed by atoms with van der Waals surface area (Å²) < 4.78 is 15.7. The van der Waals surface area contributed by atoms with E-state index in [1.807, 2.05) is 41.9 Å². The third kappa shape index (κ3) is 4.64. The van der Waals surface area contributed by atoms with Gasteiger partial charge in [0.2, 0.25) is 6.79 Å². The Morgan fingerprint density at radius 2 is 2.12 bits per heavy atom. The molecular weight excluding hydrogens is 354 g/mol. The Balaban J connectivity index is 1.51. The van der Waals surface area contributed by atoms with Crippen LogP contribution in [0, 0.1) is 0 Å². The van der Waals surface area contributed by atoms with E-state index in [9.17, 15) is 9.59 Å². The van der Waals surface area contributed by atoms with Crippen LogP contribution in [-0.4, -0.2) is 36.7 Å². The molecule has 1 aliphatic rings. The number of carbonyl (C=O) groups excluding carboxylic acids is 2. The summed E-state index contributed by atoms with van der Waals surface area (Å²) in [6.45, 7) is 2.72. The predicted octanol–water partition coefficient (Wildman–Crippen LogP) is 3.08. The van der Waals surface area contributed by atoms with Crippen LogP contribution in [0.3, 0.4) is 0 Å². The highest BCUT2D eigenvalue weighted by atomic mass is 32.1. The van der Waals surface area contributed by atoms with Gasteiger partial charge in [0.05, 0.1) is 0 Å². The summed E-state index contributed by atoms with van der Waals surface area (Å²) in [5.74, 6) is 0.594. The first kappa shape index (κ1) is 18.0. The molecule has 2 aromatic rings. The molecule has 0 spiro atoms. The molecule has 0 aliphatic carbocycles. The largest absolute Gasteiger partial charge is 0.454 e. The van der Waals surface area contributed by atoms with Crippen molar-refractivity contribution in [2.75, 3.05) is 19.9 Å². The third-order valence-electron chi connectivity index (χ3n) is 3.84. The molecule has 1 amide bonds. The van der Waals surface area contributed by atoms with E-state index >= 15 is 0 Å². The molecule has 1 aromatic carbocycles. The van der Waals surface area contributed by atoms with Gasteiger partial charge in [0.1, 0.15) is 0 Å². The maximum Gasteiger partial charge on any atom is 0.331 e. The third-order valence-corrected chi connectivity index (χ3v) is 4.54. The van der Waals surface area contributed by atoms with E-state index in [0.29, 0.717) is 24.6 Å². The van der Waals surface area contributed by atoms with Gasteiger partial charge >= 0.3 is 5.97 Å². The van der Waals surface area contributed by atoms with Crippen molar-refractivity contribution in [3.8, 4) is 11.5 Å². The molecule has 1 aliphatic heterocycles. The highest BCUT2D eigenvalue weighted by Gasteiger charge is 2.17. The first-order valence-electron chi connectivity index (χ1n) is 8.19. The lowest BCUT2D eigenvalue weighted by atomic mass is 10.2. The number of rotatable bonds is 7. The SMILES string of the molecule is CCN(Cc1ccc2c(c1)OCO2)C(=O)COC(=O)/C=C/c1ccsc1. The molecule has 3 rings (SSSR count). The molecule has 6 nitrogen and oxygen atoms in total. The molecule has 0 N–H and O–H groups in total. The molecule has 0 bridgehead atoms. The molecule has 1 aromatic heterocycles. The van der Waals surface area contributed by atoms with Crippen LogP contribution in [-0.2, 0) is 20.9 Å². The van der Waals surface area contributed by atoms with Crippen molar-refractivity contribution in [1.29, 1.82) is 0 Å². The Hall–Kier alpha value is -2.80. The monoisotopic (exact) mass is 373 g/mol. The molecule has 0 atom stereocenters. The molecule has 136 valence electrons. The van der Waals surface area contributed by atoms with Gasteiger partial charge in [0.25, 0.3) is 5.91 Å². The number of ether oxygens (including phenoxy) is 3. The van der Waals surface area contributed by atoms with E-state index in [1.165, 1.54) is 6.08 Å². The number of hydrogen-bond donors (Lipinski definition) is 0. The van der Waals surface area contributed by atoms with Crippen LogP contribution in [0.5, 0.6) is 11.5 Å². The van der Waals surface area contributed by atoms with Crippen LogP contribution in [0.25, 0.3) is 6.08 Å². The van der Waals surface area contributed by atoms with Crippen LogP contribution >= 0.6 is 11.3 Å². The Bertz CT molecular complexity index is 800. The minimum absolute atomic E-state index is 0.212. The maximum atomic E-state index is 12.3. The fraction of sp³-hybridized carbons (Fsp3) is 0.263. The minimum Gasteiger partial charge on any atom is -0.454 e. The normalized spacial score (nSPS) is 12.3. The molecule has 0 radical (unpaired) electrons. The minimum atomic E-state index is -0.538. The number of likely N-dealkylation sites (N-methyl/N-ethyl adjacent to an activating group) is 1. The van der Waals surface area contributed by atoms with E-state index in [0.717, 1.165) is 11.1 Å². The zero-order valence-corrected chi connectivity index (χ0v) is 15.2. The Kier molecular flexibility index (Phi) is 5.91. The number of amides is 1. The lowest BCUT2D eigenvalue weighted by Crippen LogP contribution is -2.33. The topological polar surface area (TPSA) is 65.1 Å². The number of esters is 1. The molecular formula is C19H19NO5S. The smallest absolute Gasteiger partial charge is 0.331 e. The molecule has 0 saturated heterocycles. The summed E-state index contributed by atoms with van der Waals surface area (Å²) in [5, 5.41) is 3.84. The fourth-order valence-electron chi connectivity index (χ4n) is 2.44. The molecule has 0 fully saturated rings. The van der Waals surface area contributed by atoms with E-state index in [4.69, 9.17) is 14.2 Å². The first-order valence-corrected chi connectivity index (χ1v) is 9.13. The standard InChI is InChI=1S/C19H19NO5S/c1-2-20(10-15-3-5-16-17(9-15)25-13-24-16)18(21)11-23-19(22)6-4-14-7-8-26-12-14/h3-9,12H,2,10-11,13H2,1H3/b6-4+. The number of nitrogens with zero attached hydrogens (tertiary/aromatic N) is 1. The van der Waals surface area contributed by atoms with Crippen LogP contribution in [0.1, 0.15) is 18.1 Å². The zero-order chi connectivity index (χ0) is 18.4. The highest BCUT2D eigenvalue weighted by molar-refractivity contribution is 7.08. The molecule has 7 heteroatoms. The quantitative estimate of drug-likeness (QED) is 0.551. The van der Waals surface area contributed by atoms with E-state index in [-0.39, 0.29) is 19.3 Å². The van der Waals surface area contributed by atoms with Crippen LogP contribution < -0.4 is 9.47 Å². The average molecular weight is 373 g/mol. The van der Waals surface area contributed by atoms with Gasteiger partial charge in [0.15, 0.2) is 18.1 Å². The number of carbonyl (C=O) groups is 2. The number of hydrogen-bond acceptors (Lipinski definition) is 6. The van der Waals surface area contributed by atoms with E-state index in [2.05, 4.69) is 0 Å². The van der Waals surface area contributed by atoms with Crippen molar-refractivity contribution >= 4 is 29.3 Å². The fourth-order valence-corrected chi connectivity index (χ4v) is 3.07. The summed E-state index contributed by atoms with van der Waals surface area (Å²) in [5.41, 5.74) is 1.85. The lowest BCUT2D eigenvalue weighted by molar-refractivity contribution is -0.148. The first-order chi connectivity index (χ1) is 12.7. The van der Waals surface area contributed by atoms with Crippen LogP contribution in [0.2, 0.25) is 0 Å². The number of benzene rings is 1. The molecule has 26 heavy (non-hydrogen) atoms. The average Bonchev–Trinajstić information content (AvgIpc) is 3.33. The van der Waals surface area contributed by atoms with Gasteiger partial charge in [-0.05, 0) is 53.1 Å². The Morgan fingerprint density at radius 3 is 2.88 bits per heavy atom. The summed E-state index contributed by atoms with van der Waals surface area (Å²) in [6, 6.07) is 7.46. The van der Waals surface area contributed by atoms with Gasteiger partial charge in [-0.15, -0.1) is 0 Å². The van der Waals surface area contributed by atoms with Crippen LogP contribution in [0.15, 0.2) is 41.1 Å². The van der Waals surface area contributed by atoms with Gasteiger partial charge in [-0.2, -0.15) is 11.3 Å². The van der Waals surface area contributed by atoms with E-state index < -0.39 is 5.97 Å². The summed E-state index contributed by atoms with van der Waals surface area (Å²) in [6.07, 6.45) is 2.98. The number of fused-ring (bicyclic) bond motifs is 1. The second-order valence-corrected chi connectivity index (χ2v) is 6.37. The summed E-state index contributed by atoms with van der Waals surface area (Å²) >= 11 is 1.54. The molecule has 0 saturated carbocycles. The Labute approximate surface area is 155 Å². The van der Waals surface area contributed by atoms with Gasteiger partial charge < -0.3 is 19.1 Å². The Morgan fingerprint density at radius 1 is 1.27 bits per heavy atom. The van der Waals surface area contributed by atoms with Gasteiger partial charge in [0, 0.05) is 19.2 Å². The van der Waals surface area contributed by atoms with Crippen molar-refractivity contribution in [3.05, 3.63) is 52.2 Å². The van der Waals surface area contributed by atoms with Crippen molar-refractivity contribution in [1.82, 2.24) is 4.90 Å². The second-order valence-electron chi connectivity index (χ2n) is 5.59. The predicted molar refractivity (Wildman–Crippen MR) is 98.0 cm³/mol. The molecule has 0 unspecified atom stereocenters. The van der Waals surface area contributed by atoms with Gasteiger partial charge in [-0.25, -0.2) is 4.79 Å². The van der Waals surface area contributed by atoms with Crippen molar-refractivity contribution < 1.29 is 23.8 Å². The number of thiophene rings is 1. The van der Waals surface area contributed by atoms with Gasteiger partial charge in [-0.3, -0.25) is 4.79 Å². The maximum absolute atomic E-state index is 12.3. The second kappa shape index (κ2) is 8.53. The van der Waals surface area contributed by atoms with Crippen molar-refractivity contribution in [2.45, 2.75) is 13.5 Å². The van der Waals surface area contributed by atoms with E-state index in [1.54, 1.807) is 22.3 Å². The zero-order valence-electron chi connectivity index (χ0n) is 14.3. The van der Waals surface area contributed by atoms with Gasteiger partial charge in [-0.1, -0.05) is 6.07 Å². The highest BCUT2D eigenvalue weighted by Crippen LogP contribution is 2.32. The van der Waals surface area contributed by atoms with Crippen LogP contribution in [0.4, 0.5) is 0 Å². The lowest BCUT2D eigenvalue weighted by Gasteiger charge is -2.20. The summed E-state index contributed by atoms with van der Waals surface area (Å²) in [4.78, 5) is 25.7. The molecule has 2 heterocycles. The summed E-state index contributed by atoms with van der Waals surface area (Å²) in [7, 11) is 0. The van der Waals surface area contributed by atoms with Crippen molar-refractivity contribution in [2.24, 2.45) is 0 Å².